The van der Waals surface area contributed by atoms with Crippen molar-refractivity contribution in [2.75, 3.05) is 6.54 Å². The third-order valence-electron chi connectivity index (χ3n) is 1.62. The fourth-order valence-corrected chi connectivity index (χ4v) is 1.46. The van der Waals surface area contributed by atoms with Gasteiger partial charge in [-0.25, -0.2) is 4.39 Å². The molecule has 1 rings (SSSR count). The number of hydrogen-bond donors (Lipinski definition) is 1. The van der Waals surface area contributed by atoms with E-state index in [1.165, 1.54) is 19.1 Å². The van der Waals surface area contributed by atoms with E-state index in [0.717, 1.165) is 6.07 Å². The lowest BCUT2D eigenvalue weighted by Crippen LogP contribution is -2.28. The Morgan fingerprint density at radius 3 is 2.60 bits per heavy atom. The predicted molar refractivity (Wildman–Crippen MR) is 57.1 cm³/mol. The van der Waals surface area contributed by atoms with Crippen LogP contribution in [-0.4, -0.2) is 18.2 Å². The minimum absolute atomic E-state index is 0.0486. The number of carbonyl (C=O) groups is 2. The molecule has 80 valence electrons. The minimum atomic E-state index is -0.502. The fraction of sp³-hybridized carbons (Fsp3) is 0.200. The maximum Gasteiger partial charge on any atom is 0.251 e. The van der Waals surface area contributed by atoms with Crippen molar-refractivity contribution in [2.24, 2.45) is 0 Å². The highest BCUT2D eigenvalue weighted by molar-refractivity contribution is 9.10. The van der Waals surface area contributed by atoms with E-state index in [-0.39, 0.29) is 17.9 Å². The number of halogens is 2. The summed E-state index contributed by atoms with van der Waals surface area (Å²) >= 11 is 3.07. The number of Topliss-reactive ketones (excluding diaryl/α,β-unsaturated/α-hetero) is 1. The first kappa shape index (κ1) is 11.8. The van der Waals surface area contributed by atoms with E-state index in [4.69, 9.17) is 0 Å². The van der Waals surface area contributed by atoms with Crippen molar-refractivity contribution in [3.8, 4) is 0 Å². The van der Waals surface area contributed by atoms with Gasteiger partial charge in [0.05, 0.1) is 6.54 Å². The van der Waals surface area contributed by atoms with Crippen LogP contribution in [0.25, 0.3) is 0 Å². The van der Waals surface area contributed by atoms with Crippen LogP contribution in [0, 0.1) is 5.82 Å². The Kier molecular flexibility index (Phi) is 3.96. The molecule has 3 nitrogen and oxygen atoms in total. The lowest BCUT2D eigenvalue weighted by Gasteiger charge is -2.03. The monoisotopic (exact) mass is 273 g/mol. The molecule has 0 unspecified atom stereocenters. The number of hydrogen-bond acceptors (Lipinski definition) is 2. The third kappa shape index (κ3) is 3.79. The Morgan fingerprint density at radius 1 is 1.40 bits per heavy atom. The van der Waals surface area contributed by atoms with E-state index >= 15 is 0 Å². The molecule has 1 amide bonds. The first-order valence-corrected chi connectivity index (χ1v) is 5.02. The molecule has 0 atom stereocenters. The summed E-state index contributed by atoms with van der Waals surface area (Å²) in [5.41, 5.74) is 0.183. The quantitative estimate of drug-likeness (QED) is 0.915. The Hall–Kier alpha value is -1.23. The molecule has 0 radical (unpaired) electrons. The maximum atomic E-state index is 12.9. The van der Waals surface area contributed by atoms with E-state index in [9.17, 15) is 14.0 Å². The van der Waals surface area contributed by atoms with E-state index in [1.54, 1.807) is 0 Å². The van der Waals surface area contributed by atoms with Crippen LogP contribution in [0.1, 0.15) is 17.3 Å². The molecular weight excluding hydrogens is 265 g/mol. The van der Waals surface area contributed by atoms with Gasteiger partial charge in [0.2, 0.25) is 0 Å². The molecule has 0 fully saturated rings. The van der Waals surface area contributed by atoms with E-state index < -0.39 is 11.7 Å². The lowest BCUT2D eigenvalue weighted by atomic mass is 10.2. The summed E-state index contributed by atoms with van der Waals surface area (Å²) in [7, 11) is 0. The molecule has 0 aromatic heterocycles. The van der Waals surface area contributed by atoms with Crippen LogP contribution in [0.3, 0.4) is 0 Å². The molecule has 5 heteroatoms. The Balaban J connectivity index is 2.77. The standard InChI is InChI=1S/C10H9BrFNO2/c1-6(14)5-13-10(15)7-2-8(11)4-9(12)3-7/h2-4H,5H2,1H3,(H,13,15). The summed E-state index contributed by atoms with van der Waals surface area (Å²) in [6.07, 6.45) is 0. The molecule has 0 spiro atoms. The third-order valence-corrected chi connectivity index (χ3v) is 2.08. The van der Waals surface area contributed by atoms with E-state index in [0.29, 0.717) is 4.47 Å². The van der Waals surface area contributed by atoms with Gasteiger partial charge in [0.25, 0.3) is 5.91 Å². The van der Waals surface area contributed by atoms with Crippen LogP contribution in [0.2, 0.25) is 0 Å². The normalized spacial score (nSPS) is 9.80. The molecule has 1 aromatic carbocycles. The van der Waals surface area contributed by atoms with Crippen LogP contribution >= 0.6 is 15.9 Å². The average Bonchev–Trinajstić information content (AvgIpc) is 2.12. The fourth-order valence-electron chi connectivity index (χ4n) is 0.992. The zero-order valence-electron chi connectivity index (χ0n) is 8.01. The van der Waals surface area contributed by atoms with Crippen molar-refractivity contribution in [1.82, 2.24) is 5.32 Å². The number of nitrogens with one attached hydrogen (secondary N) is 1. The van der Waals surface area contributed by atoms with Crippen molar-refractivity contribution in [1.29, 1.82) is 0 Å². The maximum absolute atomic E-state index is 12.9. The Bertz CT molecular complexity index is 386. The van der Waals surface area contributed by atoms with Crippen molar-refractivity contribution < 1.29 is 14.0 Å². The molecule has 0 saturated carbocycles. The zero-order valence-corrected chi connectivity index (χ0v) is 9.60. The van der Waals surface area contributed by atoms with Gasteiger partial charge in [-0.15, -0.1) is 0 Å². The van der Waals surface area contributed by atoms with Crippen molar-refractivity contribution in [2.45, 2.75) is 6.92 Å². The molecule has 15 heavy (non-hydrogen) atoms. The molecule has 1 N–H and O–H groups in total. The molecule has 1 aromatic rings. The van der Waals surface area contributed by atoms with Crippen molar-refractivity contribution in [3.05, 3.63) is 34.1 Å². The highest BCUT2D eigenvalue weighted by Crippen LogP contribution is 2.14. The first-order chi connectivity index (χ1) is 6.99. The molecule has 0 aliphatic carbocycles. The summed E-state index contributed by atoms with van der Waals surface area (Å²) in [5, 5.41) is 2.38. The highest BCUT2D eigenvalue weighted by Gasteiger charge is 2.08. The molecule has 0 aliphatic heterocycles. The number of amides is 1. The van der Waals surface area contributed by atoms with Crippen molar-refractivity contribution >= 4 is 27.6 Å². The molecule has 0 aliphatic rings. The predicted octanol–water partition coefficient (Wildman–Crippen LogP) is 1.91. The minimum Gasteiger partial charge on any atom is -0.345 e. The summed E-state index contributed by atoms with van der Waals surface area (Å²) in [6.45, 7) is 1.31. The SMILES string of the molecule is CC(=O)CNC(=O)c1cc(F)cc(Br)c1. The topological polar surface area (TPSA) is 46.2 Å². The largest absolute Gasteiger partial charge is 0.345 e. The Labute approximate surface area is 94.8 Å². The second kappa shape index (κ2) is 5.02. The van der Waals surface area contributed by atoms with Gasteiger partial charge < -0.3 is 5.32 Å². The Morgan fingerprint density at radius 2 is 2.07 bits per heavy atom. The summed E-state index contributed by atoms with van der Waals surface area (Å²) < 4.78 is 13.4. The molecular formula is C10H9BrFNO2. The van der Waals surface area contributed by atoms with Crippen LogP contribution in [0.5, 0.6) is 0 Å². The molecule has 0 saturated heterocycles. The smallest absolute Gasteiger partial charge is 0.251 e. The van der Waals surface area contributed by atoms with E-state index in [2.05, 4.69) is 21.2 Å². The van der Waals surface area contributed by atoms with Gasteiger partial charge in [-0.05, 0) is 25.1 Å². The number of ketones is 1. The number of benzene rings is 1. The summed E-state index contributed by atoms with van der Waals surface area (Å²) in [4.78, 5) is 22.0. The van der Waals surface area contributed by atoms with Gasteiger partial charge in [-0.2, -0.15) is 0 Å². The van der Waals surface area contributed by atoms with Gasteiger partial charge in [-0.1, -0.05) is 15.9 Å². The van der Waals surface area contributed by atoms with Gasteiger partial charge in [0, 0.05) is 10.0 Å². The van der Waals surface area contributed by atoms with Crippen LogP contribution < -0.4 is 5.32 Å². The van der Waals surface area contributed by atoms with Gasteiger partial charge in [-0.3, -0.25) is 9.59 Å². The second-order valence-electron chi connectivity index (χ2n) is 3.04. The van der Waals surface area contributed by atoms with Crippen LogP contribution in [0.15, 0.2) is 22.7 Å². The number of carbonyl (C=O) groups excluding carboxylic acids is 2. The number of rotatable bonds is 3. The van der Waals surface area contributed by atoms with Crippen LogP contribution in [-0.2, 0) is 4.79 Å². The van der Waals surface area contributed by atoms with Gasteiger partial charge in [0.1, 0.15) is 11.6 Å². The average molecular weight is 274 g/mol. The molecule has 0 bridgehead atoms. The van der Waals surface area contributed by atoms with Gasteiger partial charge in [0.15, 0.2) is 0 Å². The lowest BCUT2D eigenvalue weighted by molar-refractivity contribution is -0.116. The second-order valence-corrected chi connectivity index (χ2v) is 3.96. The highest BCUT2D eigenvalue weighted by atomic mass is 79.9. The van der Waals surface area contributed by atoms with Crippen LogP contribution in [0.4, 0.5) is 4.39 Å². The first-order valence-electron chi connectivity index (χ1n) is 4.23. The zero-order chi connectivity index (χ0) is 11.4. The van der Waals surface area contributed by atoms with Crippen molar-refractivity contribution in [3.63, 3.8) is 0 Å². The summed E-state index contributed by atoms with van der Waals surface area (Å²) in [5.74, 6) is -1.12. The summed E-state index contributed by atoms with van der Waals surface area (Å²) in [6, 6.07) is 3.85. The molecule has 0 heterocycles. The van der Waals surface area contributed by atoms with Gasteiger partial charge >= 0.3 is 0 Å². The van der Waals surface area contributed by atoms with E-state index in [1.807, 2.05) is 0 Å².